The van der Waals surface area contributed by atoms with Crippen LogP contribution in [-0.2, 0) is 20.9 Å². The number of carbonyl (C=O) groups excluding carboxylic acids is 4. The highest BCUT2D eigenvalue weighted by Gasteiger charge is 2.36. The van der Waals surface area contributed by atoms with Crippen molar-refractivity contribution >= 4 is 58.1 Å². The number of hydrogen-bond acceptors (Lipinski definition) is 7. The van der Waals surface area contributed by atoms with E-state index in [9.17, 15) is 19.2 Å². The van der Waals surface area contributed by atoms with Gasteiger partial charge in [0.25, 0.3) is 17.7 Å². The van der Waals surface area contributed by atoms with Gasteiger partial charge >= 0.3 is 6.03 Å². The quantitative estimate of drug-likeness (QED) is 0.224. The third-order valence-electron chi connectivity index (χ3n) is 5.33. The molecule has 2 N–H and O–H groups in total. The number of barbiturate groups is 1. The number of benzene rings is 2. The average molecular weight is 615 g/mol. The van der Waals surface area contributed by atoms with Crippen LogP contribution in [0.1, 0.15) is 16.9 Å². The van der Waals surface area contributed by atoms with E-state index in [1.165, 1.54) is 19.4 Å². The number of aryl methyl sites for hydroxylation is 1. The Bertz CT molecular complexity index is 1380. The van der Waals surface area contributed by atoms with Crippen molar-refractivity contribution in [1.82, 2.24) is 10.2 Å². The molecule has 5 amide bonds. The number of halogens is 1. The molecule has 0 aliphatic carbocycles. The van der Waals surface area contributed by atoms with Crippen LogP contribution in [0.3, 0.4) is 0 Å². The standard InChI is InChI=1S/C26H22IN3O7/c1-15-5-7-17(8-6-15)28-22(31)14-37-23-20(27)11-16(12-21(23)35-2)10-19-24(32)29-26(34)30(25(19)33)13-18-4-3-9-36-18/h3-12H,13-14H2,1-2H3,(H,28,31)(H,29,32,34)/b19-10+. The highest BCUT2D eigenvalue weighted by atomic mass is 127. The van der Waals surface area contributed by atoms with Crippen LogP contribution < -0.4 is 20.1 Å². The van der Waals surface area contributed by atoms with Gasteiger partial charge in [0.15, 0.2) is 18.1 Å². The van der Waals surface area contributed by atoms with Gasteiger partial charge in [-0.25, -0.2) is 4.79 Å². The number of ether oxygens (including phenoxy) is 2. The number of methoxy groups -OCH3 is 1. The summed E-state index contributed by atoms with van der Waals surface area (Å²) in [7, 11) is 1.43. The minimum absolute atomic E-state index is 0.124. The molecule has 0 unspecified atom stereocenters. The summed E-state index contributed by atoms with van der Waals surface area (Å²) in [6.45, 7) is 1.57. The van der Waals surface area contributed by atoms with Crippen LogP contribution in [0.4, 0.5) is 10.5 Å². The van der Waals surface area contributed by atoms with Crippen LogP contribution in [0.25, 0.3) is 6.08 Å². The van der Waals surface area contributed by atoms with Crippen LogP contribution in [0, 0.1) is 10.5 Å². The Morgan fingerprint density at radius 1 is 1.16 bits per heavy atom. The largest absolute Gasteiger partial charge is 0.493 e. The maximum Gasteiger partial charge on any atom is 0.331 e. The van der Waals surface area contributed by atoms with E-state index in [-0.39, 0.29) is 24.6 Å². The molecule has 37 heavy (non-hydrogen) atoms. The van der Waals surface area contributed by atoms with Gasteiger partial charge in [-0.15, -0.1) is 0 Å². The summed E-state index contributed by atoms with van der Waals surface area (Å²) in [5.74, 6) is -0.896. The lowest BCUT2D eigenvalue weighted by Gasteiger charge is -2.25. The van der Waals surface area contributed by atoms with E-state index in [2.05, 4.69) is 10.6 Å². The van der Waals surface area contributed by atoms with Gasteiger partial charge in [-0.1, -0.05) is 17.7 Å². The number of imide groups is 2. The summed E-state index contributed by atoms with van der Waals surface area (Å²) >= 11 is 2.01. The van der Waals surface area contributed by atoms with E-state index in [0.29, 0.717) is 32.1 Å². The van der Waals surface area contributed by atoms with Gasteiger partial charge in [-0.05, 0) is 77.6 Å². The highest BCUT2D eigenvalue weighted by molar-refractivity contribution is 14.1. The SMILES string of the molecule is COc1cc(/C=C2\C(=O)NC(=O)N(Cc3ccco3)C2=O)cc(I)c1OCC(=O)Nc1ccc(C)cc1. The van der Waals surface area contributed by atoms with Gasteiger partial charge in [-0.2, -0.15) is 0 Å². The molecule has 4 rings (SSSR count). The number of rotatable bonds is 8. The molecule has 1 fully saturated rings. The van der Waals surface area contributed by atoms with Crippen molar-refractivity contribution in [2.24, 2.45) is 0 Å². The third-order valence-corrected chi connectivity index (χ3v) is 6.13. The zero-order valence-electron chi connectivity index (χ0n) is 19.9. The predicted octanol–water partition coefficient (Wildman–Crippen LogP) is 3.88. The lowest BCUT2D eigenvalue weighted by Crippen LogP contribution is -2.53. The van der Waals surface area contributed by atoms with Crippen molar-refractivity contribution in [1.29, 1.82) is 0 Å². The Balaban J connectivity index is 1.51. The van der Waals surface area contributed by atoms with Crippen molar-refractivity contribution < 1.29 is 33.1 Å². The molecule has 2 aromatic carbocycles. The fourth-order valence-electron chi connectivity index (χ4n) is 3.50. The number of nitrogens with zero attached hydrogens (tertiary/aromatic N) is 1. The fourth-order valence-corrected chi connectivity index (χ4v) is 4.28. The molecule has 0 atom stereocenters. The molecule has 3 aromatic rings. The molecular formula is C26H22IN3O7. The first-order valence-electron chi connectivity index (χ1n) is 11.0. The van der Waals surface area contributed by atoms with Gasteiger partial charge in [0.2, 0.25) is 0 Å². The van der Waals surface area contributed by atoms with Gasteiger partial charge < -0.3 is 19.2 Å². The fraction of sp³-hybridized carbons (Fsp3) is 0.154. The van der Waals surface area contributed by atoms with E-state index in [1.807, 2.05) is 41.6 Å². The number of urea groups is 1. The number of carbonyl (C=O) groups is 4. The number of anilines is 1. The van der Waals surface area contributed by atoms with Crippen molar-refractivity contribution in [2.75, 3.05) is 19.0 Å². The van der Waals surface area contributed by atoms with Crippen molar-refractivity contribution in [2.45, 2.75) is 13.5 Å². The van der Waals surface area contributed by atoms with Crippen molar-refractivity contribution in [3.05, 3.63) is 80.8 Å². The van der Waals surface area contributed by atoms with Crippen molar-refractivity contribution in [3.63, 3.8) is 0 Å². The zero-order valence-corrected chi connectivity index (χ0v) is 22.0. The zero-order chi connectivity index (χ0) is 26.5. The normalized spacial score (nSPS) is 14.5. The van der Waals surface area contributed by atoms with Gasteiger partial charge in [0.05, 0.1) is 23.5 Å². The molecule has 0 bridgehead atoms. The molecule has 0 saturated carbocycles. The summed E-state index contributed by atoms with van der Waals surface area (Å²) in [6, 6.07) is 13.0. The van der Waals surface area contributed by atoms with E-state index in [4.69, 9.17) is 13.9 Å². The number of hydrogen-bond donors (Lipinski definition) is 2. The van der Waals surface area contributed by atoms with E-state index in [1.54, 1.807) is 36.4 Å². The van der Waals surface area contributed by atoms with Gasteiger partial charge in [0.1, 0.15) is 11.3 Å². The van der Waals surface area contributed by atoms with Gasteiger partial charge in [-0.3, -0.25) is 24.6 Å². The van der Waals surface area contributed by atoms with Crippen LogP contribution in [0.15, 0.2) is 64.8 Å². The highest BCUT2D eigenvalue weighted by Crippen LogP contribution is 2.35. The first kappa shape index (κ1) is 25.9. The Hall–Kier alpha value is -4.13. The average Bonchev–Trinajstić information content (AvgIpc) is 3.38. The molecule has 1 aromatic heterocycles. The van der Waals surface area contributed by atoms with Crippen LogP contribution in [0.5, 0.6) is 11.5 Å². The van der Waals surface area contributed by atoms with E-state index >= 15 is 0 Å². The maximum atomic E-state index is 13.0. The number of furan rings is 1. The molecule has 1 aliphatic rings. The Morgan fingerprint density at radius 3 is 2.59 bits per heavy atom. The molecule has 190 valence electrons. The molecule has 0 radical (unpaired) electrons. The lowest BCUT2D eigenvalue weighted by molar-refractivity contribution is -0.130. The summed E-state index contributed by atoms with van der Waals surface area (Å²) in [5.41, 5.74) is 1.96. The monoisotopic (exact) mass is 615 g/mol. The van der Waals surface area contributed by atoms with Crippen LogP contribution >= 0.6 is 22.6 Å². The summed E-state index contributed by atoms with van der Waals surface area (Å²) < 4.78 is 16.9. The molecule has 1 aliphatic heterocycles. The molecule has 0 spiro atoms. The summed E-state index contributed by atoms with van der Waals surface area (Å²) in [6.07, 6.45) is 2.78. The second-order valence-electron chi connectivity index (χ2n) is 8.02. The van der Waals surface area contributed by atoms with E-state index < -0.39 is 17.8 Å². The Labute approximate surface area is 225 Å². The second-order valence-corrected chi connectivity index (χ2v) is 9.19. The second kappa shape index (κ2) is 11.3. The molecular weight excluding hydrogens is 593 g/mol. The maximum absolute atomic E-state index is 13.0. The lowest BCUT2D eigenvalue weighted by atomic mass is 10.1. The molecule has 10 nitrogen and oxygen atoms in total. The molecule has 2 heterocycles. The van der Waals surface area contributed by atoms with E-state index in [0.717, 1.165) is 10.5 Å². The van der Waals surface area contributed by atoms with Gasteiger partial charge in [0, 0.05) is 5.69 Å². The smallest absolute Gasteiger partial charge is 0.331 e. The number of nitrogens with one attached hydrogen (secondary N) is 2. The summed E-state index contributed by atoms with van der Waals surface area (Å²) in [4.78, 5) is 50.9. The third kappa shape index (κ3) is 6.17. The topological polar surface area (TPSA) is 127 Å². The molecule has 11 heteroatoms. The van der Waals surface area contributed by atoms with Crippen LogP contribution in [-0.4, -0.2) is 42.4 Å². The Morgan fingerprint density at radius 2 is 1.92 bits per heavy atom. The summed E-state index contributed by atoms with van der Waals surface area (Å²) in [5, 5.41) is 4.93. The Kier molecular flexibility index (Phi) is 7.92. The van der Waals surface area contributed by atoms with Crippen molar-refractivity contribution in [3.8, 4) is 11.5 Å². The number of amides is 5. The van der Waals surface area contributed by atoms with Crippen LogP contribution in [0.2, 0.25) is 0 Å². The minimum atomic E-state index is -0.830. The first-order chi connectivity index (χ1) is 17.7. The predicted molar refractivity (Wildman–Crippen MR) is 142 cm³/mol. The minimum Gasteiger partial charge on any atom is -0.493 e. The molecule has 1 saturated heterocycles. The first-order valence-corrected chi connectivity index (χ1v) is 12.1.